The summed E-state index contributed by atoms with van der Waals surface area (Å²) in [5.41, 5.74) is 0. The van der Waals surface area contributed by atoms with E-state index in [0.717, 1.165) is 6.42 Å². The number of alkyl halides is 2. The lowest BCUT2D eigenvalue weighted by Crippen LogP contribution is -2.34. The standard InChI is InChI=1S/C6H10F2O/c7-6(8)5-2-1-4(5)3-9/h4-6,9H,1-3H2/t4-,5-/m0/s1. The molecule has 0 heterocycles. The second-order valence-corrected chi connectivity index (χ2v) is 2.52. The average Bonchev–Trinajstić information content (AvgIpc) is 1.61. The summed E-state index contributed by atoms with van der Waals surface area (Å²) in [5, 5.41) is 8.47. The van der Waals surface area contributed by atoms with Crippen molar-refractivity contribution in [2.24, 2.45) is 11.8 Å². The van der Waals surface area contributed by atoms with Gasteiger partial charge in [0.2, 0.25) is 6.43 Å². The van der Waals surface area contributed by atoms with Crippen LogP contribution in [-0.2, 0) is 0 Å². The Morgan fingerprint density at radius 1 is 1.44 bits per heavy atom. The van der Waals surface area contributed by atoms with Gasteiger partial charge < -0.3 is 5.11 Å². The number of hydrogen-bond donors (Lipinski definition) is 1. The lowest BCUT2D eigenvalue weighted by molar-refractivity contribution is -0.0327. The molecule has 0 saturated heterocycles. The minimum absolute atomic E-state index is 0.0744. The van der Waals surface area contributed by atoms with Gasteiger partial charge in [0.1, 0.15) is 0 Å². The molecular weight excluding hydrogens is 126 g/mol. The van der Waals surface area contributed by atoms with Crippen LogP contribution in [0.4, 0.5) is 8.78 Å². The minimum atomic E-state index is -2.23. The molecule has 1 aliphatic carbocycles. The summed E-state index contributed by atoms with van der Waals surface area (Å²) >= 11 is 0. The molecule has 3 heteroatoms. The summed E-state index contributed by atoms with van der Waals surface area (Å²) < 4.78 is 23.6. The van der Waals surface area contributed by atoms with Crippen LogP contribution in [0.25, 0.3) is 0 Å². The Kier molecular flexibility index (Phi) is 2.01. The Morgan fingerprint density at radius 3 is 2.22 bits per heavy atom. The van der Waals surface area contributed by atoms with Crippen molar-refractivity contribution in [3.63, 3.8) is 0 Å². The summed E-state index contributed by atoms with van der Waals surface area (Å²) in [5.74, 6) is -0.639. The van der Waals surface area contributed by atoms with Crippen molar-refractivity contribution in [1.29, 1.82) is 0 Å². The van der Waals surface area contributed by atoms with Gasteiger partial charge in [-0.3, -0.25) is 0 Å². The average molecular weight is 136 g/mol. The van der Waals surface area contributed by atoms with Crippen LogP contribution >= 0.6 is 0 Å². The highest BCUT2D eigenvalue weighted by Crippen LogP contribution is 2.37. The summed E-state index contributed by atoms with van der Waals surface area (Å²) in [6.07, 6.45) is -0.870. The van der Waals surface area contributed by atoms with E-state index in [0.29, 0.717) is 6.42 Å². The first-order valence-corrected chi connectivity index (χ1v) is 3.14. The molecule has 1 aliphatic rings. The van der Waals surface area contributed by atoms with Gasteiger partial charge in [0.05, 0.1) is 0 Å². The van der Waals surface area contributed by atoms with E-state index in [1.54, 1.807) is 0 Å². The fourth-order valence-electron chi connectivity index (χ4n) is 1.15. The molecule has 1 saturated carbocycles. The smallest absolute Gasteiger partial charge is 0.241 e. The third kappa shape index (κ3) is 1.21. The monoisotopic (exact) mass is 136 g/mol. The van der Waals surface area contributed by atoms with E-state index in [1.165, 1.54) is 0 Å². The largest absolute Gasteiger partial charge is 0.396 e. The highest BCUT2D eigenvalue weighted by Gasteiger charge is 2.36. The maximum atomic E-state index is 11.8. The van der Waals surface area contributed by atoms with E-state index >= 15 is 0 Å². The molecule has 1 N–H and O–H groups in total. The predicted molar refractivity (Wildman–Crippen MR) is 29.3 cm³/mol. The molecule has 0 radical (unpaired) electrons. The molecule has 54 valence electrons. The van der Waals surface area contributed by atoms with Crippen LogP contribution in [-0.4, -0.2) is 18.1 Å². The summed E-state index contributed by atoms with van der Waals surface area (Å²) in [6, 6.07) is 0. The molecule has 1 fully saturated rings. The fourth-order valence-corrected chi connectivity index (χ4v) is 1.15. The molecule has 0 aromatic rings. The van der Waals surface area contributed by atoms with E-state index in [9.17, 15) is 8.78 Å². The van der Waals surface area contributed by atoms with Crippen LogP contribution in [0.1, 0.15) is 12.8 Å². The highest BCUT2D eigenvalue weighted by atomic mass is 19.3. The van der Waals surface area contributed by atoms with Crippen molar-refractivity contribution in [2.45, 2.75) is 19.3 Å². The second kappa shape index (κ2) is 2.60. The van der Waals surface area contributed by atoms with Crippen LogP contribution in [0.5, 0.6) is 0 Å². The van der Waals surface area contributed by atoms with Crippen molar-refractivity contribution < 1.29 is 13.9 Å². The van der Waals surface area contributed by atoms with E-state index in [-0.39, 0.29) is 12.5 Å². The molecule has 0 unspecified atom stereocenters. The molecule has 1 rings (SSSR count). The Labute approximate surface area is 52.7 Å². The SMILES string of the molecule is OC[C@@H]1CC[C@@H]1C(F)F. The molecule has 0 aliphatic heterocycles. The molecule has 0 aromatic heterocycles. The lowest BCUT2D eigenvalue weighted by atomic mass is 9.74. The van der Waals surface area contributed by atoms with Crippen LogP contribution in [0.2, 0.25) is 0 Å². The Balaban J connectivity index is 2.27. The van der Waals surface area contributed by atoms with E-state index in [1.807, 2.05) is 0 Å². The van der Waals surface area contributed by atoms with Gasteiger partial charge in [-0.1, -0.05) is 0 Å². The summed E-state index contributed by atoms with van der Waals surface area (Å²) in [4.78, 5) is 0. The van der Waals surface area contributed by atoms with E-state index < -0.39 is 12.3 Å². The first-order valence-electron chi connectivity index (χ1n) is 3.14. The van der Waals surface area contributed by atoms with Crippen molar-refractivity contribution >= 4 is 0 Å². The summed E-state index contributed by atoms with van der Waals surface area (Å²) in [6.45, 7) is -0.0744. The maximum Gasteiger partial charge on any atom is 0.241 e. The highest BCUT2D eigenvalue weighted by molar-refractivity contribution is 4.81. The van der Waals surface area contributed by atoms with Gasteiger partial charge in [-0.05, 0) is 18.8 Å². The third-order valence-electron chi connectivity index (χ3n) is 2.03. The molecule has 1 nitrogen and oxygen atoms in total. The van der Waals surface area contributed by atoms with Crippen molar-refractivity contribution in [1.82, 2.24) is 0 Å². The molecule has 9 heavy (non-hydrogen) atoms. The van der Waals surface area contributed by atoms with Gasteiger partial charge >= 0.3 is 0 Å². The fraction of sp³-hybridized carbons (Fsp3) is 1.00. The predicted octanol–water partition coefficient (Wildman–Crippen LogP) is 1.27. The van der Waals surface area contributed by atoms with Gasteiger partial charge in [0.15, 0.2) is 0 Å². The number of aliphatic hydroxyl groups is 1. The molecule has 0 amide bonds. The summed E-state index contributed by atoms with van der Waals surface area (Å²) in [7, 11) is 0. The molecule has 0 aromatic carbocycles. The number of hydrogen-bond acceptors (Lipinski definition) is 1. The zero-order valence-electron chi connectivity index (χ0n) is 5.06. The second-order valence-electron chi connectivity index (χ2n) is 2.52. The quantitative estimate of drug-likeness (QED) is 0.606. The van der Waals surface area contributed by atoms with Crippen molar-refractivity contribution in [2.75, 3.05) is 6.61 Å². The van der Waals surface area contributed by atoms with Crippen LogP contribution < -0.4 is 0 Å². The number of rotatable bonds is 2. The topological polar surface area (TPSA) is 20.2 Å². The van der Waals surface area contributed by atoms with Crippen LogP contribution in [0.3, 0.4) is 0 Å². The zero-order chi connectivity index (χ0) is 6.85. The molecule has 0 bridgehead atoms. The van der Waals surface area contributed by atoms with Gasteiger partial charge in [-0.2, -0.15) is 0 Å². The van der Waals surface area contributed by atoms with Gasteiger partial charge in [0.25, 0.3) is 0 Å². The lowest BCUT2D eigenvalue weighted by Gasteiger charge is -2.34. The minimum Gasteiger partial charge on any atom is -0.396 e. The first-order chi connectivity index (χ1) is 4.25. The van der Waals surface area contributed by atoms with Gasteiger partial charge in [-0.15, -0.1) is 0 Å². The molecule has 2 atom stereocenters. The number of halogens is 2. The first kappa shape index (κ1) is 6.93. The maximum absolute atomic E-state index is 11.8. The molecule has 0 spiro atoms. The normalized spacial score (nSPS) is 34.7. The Morgan fingerprint density at radius 2 is 2.11 bits per heavy atom. The van der Waals surface area contributed by atoms with Gasteiger partial charge in [-0.25, -0.2) is 8.78 Å². The van der Waals surface area contributed by atoms with Crippen LogP contribution in [0.15, 0.2) is 0 Å². The third-order valence-corrected chi connectivity index (χ3v) is 2.03. The van der Waals surface area contributed by atoms with Crippen molar-refractivity contribution in [3.8, 4) is 0 Å². The Hall–Kier alpha value is -0.180. The van der Waals surface area contributed by atoms with Gasteiger partial charge in [0, 0.05) is 12.5 Å². The van der Waals surface area contributed by atoms with E-state index in [4.69, 9.17) is 5.11 Å². The number of aliphatic hydroxyl groups excluding tert-OH is 1. The zero-order valence-corrected chi connectivity index (χ0v) is 5.06. The van der Waals surface area contributed by atoms with Crippen molar-refractivity contribution in [3.05, 3.63) is 0 Å². The van der Waals surface area contributed by atoms with Crippen LogP contribution in [0, 0.1) is 11.8 Å². The molecular formula is C6H10F2O. The Bertz CT molecular complexity index is 93.1. The van der Waals surface area contributed by atoms with E-state index in [2.05, 4.69) is 0 Å².